The average molecular weight is 285 g/mol. The maximum Gasteiger partial charge on any atom is 0.137 e. The highest BCUT2D eigenvalue weighted by atomic mass is 16.5. The van der Waals surface area contributed by atoms with E-state index in [0.29, 0.717) is 18.8 Å². The van der Waals surface area contributed by atoms with Gasteiger partial charge in [0.25, 0.3) is 0 Å². The van der Waals surface area contributed by atoms with E-state index in [2.05, 4.69) is 11.9 Å². The zero-order valence-corrected chi connectivity index (χ0v) is 12.0. The van der Waals surface area contributed by atoms with Crippen molar-refractivity contribution in [2.45, 2.75) is 32.0 Å². The fourth-order valence-corrected chi connectivity index (χ4v) is 2.50. The summed E-state index contributed by atoms with van der Waals surface area (Å²) in [5, 5.41) is 10.5. The number of hydrogen-bond donors (Lipinski definition) is 1. The molecule has 21 heavy (non-hydrogen) atoms. The number of para-hydroxylation sites is 1. The van der Waals surface area contributed by atoms with Gasteiger partial charge < -0.3 is 14.6 Å². The van der Waals surface area contributed by atoms with Gasteiger partial charge in [-0.3, -0.25) is 4.98 Å². The number of aromatic nitrogens is 1. The van der Waals surface area contributed by atoms with Crippen LogP contribution in [0.15, 0.2) is 42.7 Å². The van der Waals surface area contributed by atoms with Gasteiger partial charge in [0, 0.05) is 18.2 Å². The van der Waals surface area contributed by atoms with E-state index < -0.39 is 6.10 Å². The second-order valence-electron chi connectivity index (χ2n) is 5.22. The molecule has 0 bridgehead atoms. The summed E-state index contributed by atoms with van der Waals surface area (Å²) >= 11 is 0. The molecular formula is C17H19NO3. The number of fused-ring (bicyclic) bond motifs is 1. The number of rotatable bonds is 5. The van der Waals surface area contributed by atoms with Gasteiger partial charge in [-0.15, -0.1) is 0 Å². The molecule has 1 aromatic heterocycles. The Morgan fingerprint density at radius 2 is 2.24 bits per heavy atom. The second kappa shape index (κ2) is 6.14. The lowest BCUT2D eigenvalue weighted by Gasteiger charge is -2.18. The van der Waals surface area contributed by atoms with E-state index in [4.69, 9.17) is 9.47 Å². The summed E-state index contributed by atoms with van der Waals surface area (Å²) in [5.74, 6) is 1.54. The lowest BCUT2D eigenvalue weighted by atomic mass is 10.0. The molecule has 0 spiro atoms. The van der Waals surface area contributed by atoms with Gasteiger partial charge in [0.05, 0.1) is 12.8 Å². The number of pyridine rings is 1. The Labute approximate surface area is 124 Å². The van der Waals surface area contributed by atoms with Crippen LogP contribution in [0.3, 0.4) is 0 Å². The smallest absolute Gasteiger partial charge is 0.137 e. The minimum absolute atomic E-state index is 0.273. The molecule has 0 saturated carbocycles. The summed E-state index contributed by atoms with van der Waals surface area (Å²) in [5.41, 5.74) is 1.86. The highest BCUT2D eigenvalue weighted by molar-refractivity contribution is 5.38. The van der Waals surface area contributed by atoms with Crippen LogP contribution in [0.5, 0.6) is 11.5 Å². The Morgan fingerprint density at radius 3 is 3.05 bits per heavy atom. The van der Waals surface area contributed by atoms with Gasteiger partial charge in [-0.25, -0.2) is 0 Å². The van der Waals surface area contributed by atoms with Gasteiger partial charge in [0.2, 0.25) is 0 Å². The highest BCUT2D eigenvalue weighted by Crippen LogP contribution is 2.34. The van der Waals surface area contributed by atoms with Gasteiger partial charge in [-0.2, -0.15) is 0 Å². The monoisotopic (exact) mass is 285 g/mol. The molecule has 4 nitrogen and oxygen atoms in total. The molecule has 3 rings (SSSR count). The van der Waals surface area contributed by atoms with E-state index in [0.717, 1.165) is 23.3 Å². The normalized spacial score (nSPS) is 17.9. The van der Waals surface area contributed by atoms with Crippen molar-refractivity contribution in [1.29, 1.82) is 0 Å². The molecule has 110 valence electrons. The van der Waals surface area contributed by atoms with Gasteiger partial charge in [-0.05, 0) is 24.1 Å². The van der Waals surface area contributed by atoms with Crippen LogP contribution in [0.1, 0.15) is 30.6 Å². The number of aliphatic hydroxyl groups excluding tert-OH is 1. The predicted molar refractivity (Wildman–Crippen MR) is 79.5 cm³/mol. The third kappa shape index (κ3) is 3.00. The number of nitrogens with zero attached hydrogens (tertiary/aromatic N) is 1. The molecule has 1 aromatic carbocycles. The topological polar surface area (TPSA) is 51.6 Å². The van der Waals surface area contributed by atoms with Crippen molar-refractivity contribution in [3.05, 3.63) is 53.9 Å². The van der Waals surface area contributed by atoms with Gasteiger partial charge in [-0.1, -0.05) is 25.1 Å². The molecule has 0 aliphatic carbocycles. The minimum Gasteiger partial charge on any atom is -0.492 e. The van der Waals surface area contributed by atoms with E-state index >= 15 is 0 Å². The van der Waals surface area contributed by atoms with Crippen LogP contribution in [0.2, 0.25) is 0 Å². The Bertz CT molecular complexity index is 589. The summed E-state index contributed by atoms with van der Waals surface area (Å²) in [4.78, 5) is 4.14. The van der Waals surface area contributed by atoms with Crippen LogP contribution in [0, 0.1) is 0 Å². The number of ether oxygens (including phenoxy) is 2. The molecule has 2 aromatic rings. The molecular weight excluding hydrogens is 266 g/mol. The zero-order chi connectivity index (χ0) is 14.7. The first-order valence-electron chi connectivity index (χ1n) is 7.28. The Morgan fingerprint density at radius 1 is 1.38 bits per heavy atom. The predicted octanol–water partition coefficient (Wildman–Crippen LogP) is 2.91. The van der Waals surface area contributed by atoms with Crippen LogP contribution in [-0.2, 0) is 6.42 Å². The SMILES string of the molecule is CCCOc1cncc(C(O)C2Cc3ccccc3O2)c1. The summed E-state index contributed by atoms with van der Waals surface area (Å²) in [6.07, 6.45) is 3.98. The lowest BCUT2D eigenvalue weighted by molar-refractivity contribution is 0.0488. The Hall–Kier alpha value is -2.07. The number of benzene rings is 1. The van der Waals surface area contributed by atoms with E-state index in [1.165, 1.54) is 0 Å². The van der Waals surface area contributed by atoms with E-state index in [-0.39, 0.29) is 6.10 Å². The summed E-state index contributed by atoms with van der Waals surface area (Å²) in [6.45, 7) is 2.70. The van der Waals surface area contributed by atoms with Crippen molar-refractivity contribution in [2.75, 3.05) is 6.61 Å². The first kappa shape index (κ1) is 13.9. The third-order valence-corrected chi connectivity index (χ3v) is 3.57. The fraction of sp³-hybridized carbons (Fsp3) is 0.353. The van der Waals surface area contributed by atoms with E-state index in [1.807, 2.05) is 30.3 Å². The largest absolute Gasteiger partial charge is 0.492 e. The molecule has 2 unspecified atom stereocenters. The van der Waals surface area contributed by atoms with Gasteiger partial charge in [0.15, 0.2) is 0 Å². The van der Waals surface area contributed by atoms with Crippen molar-refractivity contribution >= 4 is 0 Å². The van der Waals surface area contributed by atoms with E-state index in [9.17, 15) is 5.11 Å². The summed E-state index contributed by atoms with van der Waals surface area (Å²) in [7, 11) is 0. The molecule has 2 heterocycles. The number of hydrogen-bond acceptors (Lipinski definition) is 4. The zero-order valence-electron chi connectivity index (χ0n) is 12.0. The van der Waals surface area contributed by atoms with Crippen molar-refractivity contribution in [3.63, 3.8) is 0 Å². The van der Waals surface area contributed by atoms with Crippen LogP contribution >= 0.6 is 0 Å². The highest BCUT2D eigenvalue weighted by Gasteiger charge is 2.30. The van der Waals surface area contributed by atoms with Crippen molar-refractivity contribution < 1.29 is 14.6 Å². The summed E-state index contributed by atoms with van der Waals surface area (Å²) in [6, 6.07) is 9.72. The molecule has 0 radical (unpaired) electrons. The quantitative estimate of drug-likeness (QED) is 0.917. The molecule has 0 saturated heterocycles. The molecule has 1 aliphatic heterocycles. The maximum atomic E-state index is 10.5. The number of aliphatic hydroxyl groups is 1. The first-order chi connectivity index (χ1) is 10.3. The fourth-order valence-electron chi connectivity index (χ4n) is 2.50. The molecule has 4 heteroatoms. The molecule has 0 fully saturated rings. The van der Waals surface area contributed by atoms with Crippen molar-refractivity contribution in [2.24, 2.45) is 0 Å². The van der Waals surface area contributed by atoms with Crippen molar-refractivity contribution in [1.82, 2.24) is 4.98 Å². The minimum atomic E-state index is -0.713. The second-order valence-corrected chi connectivity index (χ2v) is 5.22. The van der Waals surface area contributed by atoms with E-state index in [1.54, 1.807) is 12.4 Å². The van der Waals surface area contributed by atoms with Crippen LogP contribution < -0.4 is 9.47 Å². The Balaban J connectivity index is 1.73. The maximum absolute atomic E-state index is 10.5. The van der Waals surface area contributed by atoms with Crippen LogP contribution in [-0.4, -0.2) is 22.8 Å². The third-order valence-electron chi connectivity index (χ3n) is 3.57. The van der Waals surface area contributed by atoms with Gasteiger partial charge >= 0.3 is 0 Å². The Kier molecular flexibility index (Phi) is 4.06. The van der Waals surface area contributed by atoms with Gasteiger partial charge in [0.1, 0.15) is 23.7 Å². The first-order valence-corrected chi connectivity index (χ1v) is 7.28. The lowest BCUT2D eigenvalue weighted by Crippen LogP contribution is -2.23. The molecule has 2 atom stereocenters. The van der Waals surface area contributed by atoms with Crippen molar-refractivity contribution in [3.8, 4) is 11.5 Å². The van der Waals surface area contributed by atoms with Crippen LogP contribution in [0.25, 0.3) is 0 Å². The summed E-state index contributed by atoms with van der Waals surface area (Å²) < 4.78 is 11.4. The van der Waals surface area contributed by atoms with Crippen LogP contribution in [0.4, 0.5) is 0 Å². The molecule has 1 aliphatic rings. The molecule has 0 amide bonds. The molecule has 1 N–H and O–H groups in total. The standard InChI is InChI=1S/C17H19NO3/c1-2-7-20-14-8-13(10-18-11-14)17(19)16-9-12-5-3-4-6-15(12)21-16/h3-6,8,10-11,16-17,19H,2,7,9H2,1H3. The average Bonchev–Trinajstić information content (AvgIpc) is 2.96.